The Morgan fingerprint density at radius 1 is 1.23 bits per heavy atom. The summed E-state index contributed by atoms with van der Waals surface area (Å²) in [6.45, 7) is 4.45. The third-order valence-electron chi connectivity index (χ3n) is 5.14. The van der Waals surface area contributed by atoms with Crippen LogP contribution in [0.1, 0.15) is 10.4 Å². The quantitative estimate of drug-likeness (QED) is 0.168. The van der Waals surface area contributed by atoms with Crippen molar-refractivity contribution in [3.05, 3.63) is 81.3 Å². The van der Waals surface area contributed by atoms with Crippen molar-refractivity contribution in [3.63, 3.8) is 0 Å². The Bertz CT molecular complexity index is 1550. The molecule has 1 amide bonds. The fourth-order valence-electron chi connectivity index (χ4n) is 3.62. The minimum Gasteiger partial charge on any atom is -0.320 e. The minimum absolute atomic E-state index is 0.145. The highest BCUT2D eigenvalue weighted by Gasteiger charge is 2.16. The van der Waals surface area contributed by atoms with Crippen molar-refractivity contribution in [2.75, 3.05) is 11.1 Å². The van der Waals surface area contributed by atoms with E-state index in [9.17, 15) is 4.79 Å². The van der Waals surface area contributed by atoms with E-state index >= 15 is 0 Å². The number of benzene rings is 2. The van der Waals surface area contributed by atoms with Gasteiger partial charge in [-0.15, -0.1) is 28.1 Å². The highest BCUT2D eigenvalue weighted by atomic mass is 79.9. The SMILES string of the molecule is C=CCn1c2ccc(Br)cc2c2nnc(SCC(=O)Nc3ncc(Cc4ccc(Cl)cc4)s3)nc21. The van der Waals surface area contributed by atoms with Crippen molar-refractivity contribution in [3.8, 4) is 0 Å². The molecule has 0 saturated heterocycles. The highest BCUT2D eigenvalue weighted by molar-refractivity contribution is 9.10. The van der Waals surface area contributed by atoms with Gasteiger partial charge in [-0.05, 0) is 35.9 Å². The summed E-state index contributed by atoms with van der Waals surface area (Å²) in [7, 11) is 0. The molecule has 5 rings (SSSR count). The van der Waals surface area contributed by atoms with E-state index in [-0.39, 0.29) is 11.7 Å². The number of thioether (sulfide) groups is 1. The lowest BCUT2D eigenvalue weighted by Gasteiger charge is -2.04. The second kappa shape index (κ2) is 10.4. The van der Waals surface area contributed by atoms with Crippen LogP contribution in [-0.4, -0.2) is 36.4 Å². The Hall–Kier alpha value is -2.79. The largest absolute Gasteiger partial charge is 0.320 e. The Morgan fingerprint density at radius 2 is 2.06 bits per heavy atom. The number of thiazole rings is 1. The van der Waals surface area contributed by atoms with Gasteiger partial charge in [0.1, 0.15) is 5.52 Å². The third kappa shape index (κ3) is 5.40. The molecule has 0 aliphatic rings. The van der Waals surface area contributed by atoms with E-state index in [1.807, 2.05) is 53.1 Å². The number of aromatic nitrogens is 5. The van der Waals surface area contributed by atoms with Gasteiger partial charge in [-0.1, -0.05) is 57.5 Å². The van der Waals surface area contributed by atoms with Gasteiger partial charge in [-0.25, -0.2) is 9.97 Å². The Morgan fingerprint density at radius 3 is 2.86 bits per heavy atom. The summed E-state index contributed by atoms with van der Waals surface area (Å²) in [5, 5.41) is 14.2. The average molecular weight is 586 g/mol. The number of amides is 1. The fourth-order valence-corrected chi connectivity index (χ4v) is 5.56. The Kier molecular flexibility index (Phi) is 7.14. The number of allylic oxidation sites excluding steroid dienone is 1. The monoisotopic (exact) mass is 584 g/mol. The zero-order chi connectivity index (χ0) is 24.4. The van der Waals surface area contributed by atoms with Gasteiger partial charge in [0, 0.05) is 38.9 Å². The lowest BCUT2D eigenvalue weighted by molar-refractivity contribution is -0.113. The summed E-state index contributed by atoms with van der Waals surface area (Å²) in [6.07, 6.45) is 4.33. The van der Waals surface area contributed by atoms with Gasteiger partial charge in [0.25, 0.3) is 0 Å². The molecule has 0 unspecified atom stereocenters. The van der Waals surface area contributed by atoms with E-state index in [1.54, 1.807) is 6.20 Å². The number of halogens is 2. The van der Waals surface area contributed by atoms with Crippen molar-refractivity contribution < 1.29 is 4.79 Å². The van der Waals surface area contributed by atoms with E-state index in [1.165, 1.54) is 23.1 Å². The van der Waals surface area contributed by atoms with Crippen LogP contribution in [0.2, 0.25) is 5.02 Å². The van der Waals surface area contributed by atoms with Crippen LogP contribution in [0.3, 0.4) is 0 Å². The third-order valence-corrected chi connectivity index (χ3v) is 7.64. The van der Waals surface area contributed by atoms with Crippen molar-refractivity contribution in [2.45, 2.75) is 18.1 Å². The zero-order valence-corrected chi connectivity index (χ0v) is 22.2. The average Bonchev–Trinajstić information content (AvgIpc) is 3.41. The maximum atomic E-state index is 12.5. The molecule has 3 heterocycles. The molecule has 0 spiro atoms. The van der Waals surface area contributed by atoms with Gasteiger partial charge in [0.15, 0.2) is 10.8 Å². The molecule has 0 radical (unpaired) electrons. The second-order valence-electron chi connectivity index (χ2n) is 7.60. The molecule has 1 N–H and O–H groups in total. The lowest BCUT2D eigenvalue weighted by atomic mass is 10.1. The number of nitrogens with zero attached hydrogens (tertiary/aromatic N) is 5. The molecule has 0 aliphatic heterocycles. The van der Waals surface area contributed by atoms with E-state index in [4.69, 9.17) is 11.6 Å². The van der Waals surface area contributed by atoms with Crippen LogP contribution >= 0.6 is 50.6 Å². The number of fused-ring (bicyclic) bond motifs is 3. The first-order valence-corrected chi connectivity index (χ1v) is 13.5. The van der Waals surface area contributed by atoms with Crippen LogP contribution in [0.25, 0.3) is 22.1 Å². The van der Waals surface area contributed by atoms with Crippen molar-refractivity contribution in [1.29, 1.82) is 0 Å². The predicted octanol–water partition coefficient (Wildman–Crippen LogP) is 6.36. The van der Waals surface area contributed by atoms with Gasteiger partial charge >= 0.3 is 0 Å². The smallest absolute Gasteiger partial charge is 0.236 e. The summed E-state index contributed by atoms with van der Waals surface area (Å²) in [4.78, 5) is 22.6. The number of nitrogens with one attached hydrogen (secondary N) is 1. The second-order valence-corrected chi connectivity index (χ2v) is 11.0. The molecule has 7 nitrogen and oxygen atoms in total. The minimum atomic E-state index is -0.179. The summed E-state index contributed by atoms with van der Waals surface area (Å²) < 4.78 is 3.00. The molecule has 3 aromatic heterocycles. The predicted molar refractivity (Wildman–Crippen MR) is 146 cm³/mol. The number of carbonyl (C=O) groups excluding carboxylic acids is 1. The van der Waals surface area contributed by atoms with Crippen LogP contribution in [0, 0.1) is 0 Å². The Labute approximate surface area is 222 Å². The molecule has 0 atom stereocenters. The lowest BCUT2D eigenvalue weighted by Crippen LogP contribution is -2.14. The molecule has 0 saturated carbocycles. The van der Waals surface area contributed by atoms with E-state index in [0.717, 1.165) is 32.2 Å². The summed E-state index contributed by atoms with van der Waals surface area (Å²) in [6, 6.07) is 13.7. The zero-order valence-electron chi connectivity index (χ0n) is 18.2. The van der Waals surface area contributed by atoms with E-state index in [2.05, 4.69) is 48.0 Å². The van der Waals surface area contributed by atoms with Crippen LogP contribution in [-0.2, 0) is 17.8 Å². The standard InChI is InChI=1S/C24H18BrClN6OS2/c1-2-9-32-19-8-5-15(25)11-18(19)21-22(32)29-24(31-30-21)34-13-20(33)28-23-27-12-17(35-23)10-14-3-6-16(26)7-4-14/h2-8,11-12H,1,9-10,13H2,(H,27,28,33). The van der Waals surface area contributed by atoms with Crippen molar-refractivity contribution in [2.24, 2.45) is 0 Å². The summed E-state index contributed by atoms with van der Waals surface area (Å²) >= 11 is 12.1. The van der Waals surface area contributed by atoms with Crippen LogP contribution in [0.5, 0.6) is 0 Å². The van der Waals surface area contributed by atoms with E-state index in [0.29, 0.717) is 33.0 Å². The van der Waals surface area contributed by atoms with Gasteiger partial charge in [-0.2, -0.15) is 0 Å². The number of hydrogen-bond donors (Lipinski definition) is 1. The van der Waals surface area contributed by atoms with Gasteiger partial charge in [-0.3, -0.25) is 4.79 Å². The number of rotatable bonds is 8. The summed E-state index contributed by atoms with van der Waals surface area (Å²) in [5.74, 6) is -0.0337. The maximum absolute atomic E-state index is 12.5. The van der Waals surface area contributed by atoms with Crippen LogP contribution < -0.4 is 5.32 Å². The molecule has 11 heteroatoms. The maximum Gasteiger partial charge on any atom is 0.236 e. The molecule has 0 aliphatic carbocycles. The number of anilines is 1. The summed E-state index contributed by atoms with van der Waals surface area (Å²) in [5.41, 5.74) is 3.56. The first kappa shape index (κ1) is 23.9. The molecular formula is C24H18BrClN6OS2. The van der Waals surface area contributed by atoms with E-state index < -0.39 is 0 Å². The topological polar surface area (TPSA) is 85.6 Å². The van der Waals surface area contributed by atoms with Gasteiger partial charge in [0.05, 0.1) is 11.3 Å². The van der Waals surface area contributed by atoms with Crippen molar-refractivity contribution in [1.82, 2.24) is 24.7 Å². The molecule has 5 aromatic rings. The molecule has 35 heavy (non-hydrogen) atoms. The molecule has 2 aromatic carbocycles. The Balaban J connectivity index is 1.26. The van der Waals surface area contributed by atoms with Crippen LogP contribution in [0.4, 0.5) is 5.13 Å². The highest BCUT2D eigenvalue weighted by Crippen LogP contribution is 2.30. The fraction of sp³-hybridized carbons (Fsp3) is 0.125. The first-order chi connectivity index (χ1) is 17.0. The molecule has 176 valence electrons. The number of hydrogen-bond acceptors (Lipinski definition) is 7. The van der Waals surface area contributed by atoms with Gasteiger partial charge in [0.2, 0.25) is 11.1 Å². The van der Waals surface area contributed by atoms with Crippen LogP contribution in [0.15, 0.2) is 70.9 Å². The van der Waals surface area contributed by atoms with Crippen molar-refractivity contribution >= 4 is 83.7 Å². The molecule has 0 bridgehead atoms. The normalized spacial score (nSPS) is 11.3. The molecular weight excluding hydrogens is 568 g/mol. The number of carbonyl (C=O) groups is 1. The van der Waals surface area contributed by atoms with Gasteiger partial charge < -0.3 is 9.88 Å². The molecule has 0 fully saturated rings. The first-order valence-electron chi connectivity index (χ1n) is 10.5.